The molecular formula is C10H11FO2. The monoisotopic (exact) mass is 182 g/mol. The number of ether oxygens (including phenoxy) is 2. The molecule has 70 valence electrons. The number of halogens is 1. The van der Waals surface area contributed by atoms with Crippen molar-refractivity contribution in [2.75, 3.05) is 13.2 Å². The van der Waals surface area contributed by atoms with Crippen LogP contribution in [0.4, 0.5) is 4.39 Å². The molecule has 0 radical (unpaired) electrons. The smallest absolute Gasteiger partial charge is 0.186 e. The Hall–Kier alpha value is -0.930. The van der Waals surface area contributed by atoms with E-state index in [0.29, 0.717) is 18.8 Å². The molecular weight excluding hydrogens is 171 g/mol. The Kier molecular flexibility index (Phi) is 2.57. The minimum absolute atomic E-state index is 0.269. The predicted molar refractivity (Wildman–Crippen MR) is 45.7 cm³/mol. The summed E-state index contributed by atoms with van der Waals surface area (Å²) in [6, 6.07) is 6.53. The highest BCUT2D eigenvalue weighted by atomic mass is 19.1. The summed E-state index contributed by atoms with van der Waals surface area (Å²) in [4.78, 5) is 0. The Labute approximate surface area is 76.3 Å². The van der Waals surface area contributed by atoms with Gasteiger partial charge >= 0.3 is 0 Å². The standard InChI is InChI=1S/C10H11FO2/c11-9-5-2-1-4-8(9)10-12-6-3-7-13-10/h1-2,4-5,10H,3,6-7H2. The molecule has 2 nitrogen and oxygen atoms in total. The first-order valence-corrected chi connectivity index (χ1v) is 4.35. The molecule has 1 fully saturated rings. The fraction of sp³-hybridized carbons (Fsp3) is 0.400. The van der Waals surface area contributed by atoms with Crippen LogP contribution in [0.2, 0.25) is 0 Å². The minimum atomic E-state index is -0.519. The van der Waals surface area contributed by atoms with Crippen LogP contribution in [0.15, 0.2) is 24.3 Å². The summed E-state index contributed by atoms with van der Waals surface area (Å²) in [5.74, 6) is -0.269. The van der Waals surface area contributed by atoms with E-state index in [1.807, 2.05) is 0 Å². The zero-order chi connectivity index (χ0) is 9.10. The lowest BCUT2D eigenvalue weighted by Gasteiger charge is -2.23. The Bertz CT molecular complexity index is 282. The topological polar surface area (TPSA) is 18.5 Å². The van der Waals surface area contributed by atoms with E-state index in [0.717, 1.165) is 6.42 Å². The zero-order valence-corrected chi connectivity index (χ0v) is 7.20. The first kappa shape index (κ1) is 8.66. The van der Waals surface area contributed by atoms with Crippen LogP contribution in [0.25, 0.3) is 0 Å². The highest BCUT2D eigenvalue weighted by Gasteiger charge is 2.19. The van der Waals surface area contributed by atoms with E-state index in [9.17, 15) is 4.39 Å². The van der Waals surface area contributed by atoms with Crippen molar-refractivity contribution < 1.29 is 13.9 Å². The van der Waals surface area contributed by atoms with E-state index in [1.54, 1.807) is 18.2 Å². The van der Waals surface area contributed by atoms with Crippen molar-refractivity contribution in [3.63, 3.8) is 0 Å². The molecule has 0 N–H and O–H groups in total. The lowest BCUT2D eigenvalue weighted by atomic mass is 10.2. The Morgan fingerprint density at radius 3 is 2.54 bits per heavy atom. The van der Waals surface area contributed by atoms with Gasteiger partial charge in [0.25, 0.3) is 0 Å². The van der Waals surface area contributed by atoms with E-state index in [2.05, 4.69) is 0 Å². The van der Waals surface area contributed by atoms with Gasteiger partial charge in [-0.2, -0.15) is 0 Å². The summed E-state index contributed by atoms with van der Waals surface area (Å²) in [5, 5.41) is 0. The van der Waals surface area contributed by atoms with Crippen LogP contribution in [0, 0.1) is 5.82 Å². The molecule has 0 atom stereocenters. The quantitative estimate of drug-likeness (QED) is 0.663. The van der Waals surface area contributed by atoms with E-state index in [4.69, 9.17) is 9.47 Å². The van der Waals surface area contributed by atoms with Crippen LogP contribution < -0.4 is 0 Å². The first-order valence-electron chi connectivity index (χ1n) is 4.35. The van der Waals surface area contributed by atoms with Gasteiger partial charge in [0.15, 0.2) is 6.29 Å². The van der Waals surface area contributed by atoms with E-state index in [1.165, 1.54) is 6.07 Å². The second-order valence-electron chi connectivity index (χ2n) is 2.95. The number of hydrogen-bond donors (Lipinski definition) is 0. The molecule has 1 saturated heterocycles. The van der Waals surface area contributed by atoms with Gasteiger partial charge in [0.1, 0.15) is 5.82 Å². The summed E-state index contributed by atoms with van der Waals surface area (Å²) >= 11 is 0. The maximum Gasteiger partial charge on any atom is 0.186 e. The van der Waals surface area contributed by atoms with Gasteiger partial charge in [-0.15, -0.1) is 0 Å². The van der Waals surface area contributed by atoms with Crippen molar-refractivity contribution >= 4 is 0 Å². The van der Waals surface area contributed by atoms with Gasteiger partial charge in [-0.1, -0.05) is 18.2 Å². The molecule has 0 aromatic heterocycles. The minimum Gasteiger partial charge on any atom is -0.348 e. The van der Waals surface area contributed by atoms with Crippen LogP contribution in [-0.2, 0) is 9.47 Å². The molecule has 2 rings (SSSR count). The molecule has 1 aliphatic heterocycles. The summed E-state index contributed by atoms with van der Waals surface area (Å²) < 4.78 is 23.8. The van der Waals surface area contributed by atoms with Gasteiger partial charge in [0.2, 0.25) is 0 Å². The summed E-state index contributed by atoms with van der Waals surface area (Å²) in [5.41, 5.74) is 0.488. The maximum absolute atomic E-state index is 13.2. The van der Waals surface area contributed by atoms with Gasteiger partial charge in [-0.05, 0) is 12.5 Å². The molecule has 1 aromatic rings. The third-order valence-corrected chi connectivity index (χ3v) is 1.99. The maximum atomic E-state index is 13.2. The molecule has 3 heteroatoms. The van der Waals surface area contributed by atoms with Crippen molar-refractivity contribution in [1.29, 1.82) is 0 Å². The van der Waals surface area contributed by atoms with Crippen molar-refractivity contribution in [3.8, 4) is 0 Å². The van der Waals surface area contributed by atoms with Crippen LogP contribution in [-0.4, -0.2) is 13.2 Å². The molecule has 13 heavy (non-hydrogen) atoms. The SMILES string of the molecule is Fc1ccccc1C1OCCCO1. The van der Waals surface area contributed by atoms with Crippen molar-refractivity contribution in [3.05, 3.63) is 35.6 Å². The number of rotatable bonds is 1. The average molecular weight is 182 g/mol. The normalized spacial score (nSPS) is 18.8. The summed E-state index contributed by atoms with van der Waals surface area (Å²) in [6.07, 6.45) is 0.361. The third-order valence-electron chi connectivity index (χ3n) is 1.99. The largest absolute Gasteiger partial charge is 0.348 e. The van der Waals surface area contributed by atoms with Gasteiger partial charge in [0, 0.05) is 5.56 Å². The second kappa shape index (κ2) is 3.85. The second-order valence-corrected chi connectivity index (χ2v) is 2.95. The van der Waals surface area contributed by atoms with Gasteiger partial charge in [-0.25, -0.2) is 4.39 Å². The molecule has 1 aromatic carbocycles. The Morgan fingerprint density at radius 1 is 1.15 bits per heavy atom. The van der Waals surface area contributed by atoms with Crippen LogP contribution in [0.1, 0.15) is 18.3 Å². The molecule has 0 aliphatic carbocycles. The zero-order valence-electron chi connectivity index (χ0n) is 7.20. The third kappa shape index (κ3) is 1.87. The molecule has 0 amide bonds. The highest BCUT2D eigenvalue weighted by Crippen LogP contribution is 2.24. The van der Waals surface area contributed by atoms with Crippen LogP contribution in [0.3, 0.4) is 0 Å². The number of hydrogen-bond acceptors (Lipinski definition) is 2. The van der Waals surface area contributed by atoms with Crippen LogP contribution >= 0.6 is 0 Å². The average Bonchev–Trinajstić information content (AvgIpc) is 2.20. The first-order chi connectivity index (χ1) is 6.38. The van der Waals surface area contributed by atoms with Crippen molar-refractivity contribution in [2.24, 2.45) is 0 Å². The Balaban J connectivity index is 2.18. The highest BCUT2D eigenvalue weighted by molar-refractivity contribution is 5.18. The van der Waals surface area contributed by atoms with Crippen LogP contribution in [0.5, 0.6) is 0 Å². The molecule has 0 unspecified atom stereocenters. The molecule has 1 heterocycles. The fourth-order valence-corrected chi connectivity index (χ4v) is 1.33. The molecule has 0 bridgehead atoms. The van der Waals surface area contributed by atoms with E-state index in [-0.39, 0.29) is 5.82 Å². The van der Waals surface area contributed by atoms with Gasteiger partial charge in [-0.3, -0.25) is 0 Å². The lowest BCUT2D eigenvalue weighted by Crippen LogP contribution is -2.18. The summed E-state index contributed by atoms with van der Waals surface area (Å²) in [7, 11) is 0. The van der Waals surface area contributed by atoms with Gasteiger partial charge < -0.3 is 9.47 Å². The molecule has 1 aliphatic rings. The number of benzene rings is 1. The van der Waals surface area contributed by atoms with Gasteiger partial charge in [0.05, 0.1) is 13.2 Å². The van der Waals surface area contributed by atoms with E-state index >= 15 is 0 Å². The van der Waals surface area contributed by atoms with Crippen molar-refractivity contribution in [2.45, 2.75) is 12.7 Å². The van der Waals surface area contributed by atoms with E-state index < -0.39 is 6.29 Å². The molecule has 0 saturated carbocycles. The predicted octanol–water partition coefficient (Wildman–Crippen LogP) is 2.26. The van der Waals surface area contributed by atoms with Crippen molar-refractivity contribution in [1.82, 2.24) is 0 Å². The Morgan fingerprint density at radius 2 is 1.85 bits per heavy atom. The molecule has 0 spiro atoms. The fourth-order valence-electron chi connectivity index (χ4n) is 1.33. The summed E-state index contributed by atoms with van der Waals surface area (Å²) in [6.45, 7) is 1.28. The lowest BCUT2D eigenvalue weighted by molar-refractivity contribution is -0.184.